The van der Waals surface area contributed by atoms with Gasteiger partial charge in [-0.25, -0.2) is 0 Å². The number of carbonyl (C=O) groups excluding carboxylic acids is 1. The predicted octanol–water partition coefficient (Wildman–Crippen LogP) is 1.98. The molecule has 2 heterocycles. The number of methoxy groups -OCH3 is 1. The summed E-state index contributed by atoms with van der Waals surface area (Å²) in [7, 11) is 1.59. The molecule has 21 heavy (non-hydrogen) atoms. The maximum absolute atomic E-state index is 12.3. The molecule has 1 amide bonds. The van der Waals surface area contributed by atoms with Crippen molar-refractivity contribution >= 4 is 5.91 Å². The number of hydrogen-bond acceptors (Lipinski definition) is 4. The van der Waals surface area contributed by atoms with Crippen molar-refractivity contribution < 1.29 is 9.53 Å². The Morgan fingerprint density at radius 1 is 1.38 bits per heavy atom. The molecule has 0 aromatic carbocycles. The van der Waals surface area contributed by atoms with E-state index in [1.165, 1.54) is 0 Å². The highest BCUT2D eigenvalue weighted by atomic mass is 16.5. The number of nitrogens with zero attached hydrogens (tertiary/aromatic N) is 3. The van der Waals surface area contributed by atoms with Crippen LogP contribution in [0.25, 0.3) is 0 Å². The van der Waals surface area contributed by atoms with Gasteiger partial charge in [0.25, 0.3) is 5.91 Å². The molecule has 0 saturated carbocycles. The number of rotatable bonds is 6. The van der Waals surface area contributed by atoms with E-state index < -0.39 is 0 Å². The van der Waals surface area contributed by atoms with Crippen molar-refractivity contribution in [3.63, 3.8) is 0 Å². The number of carbonyl (C=O) groups is 1. The van der Waals surface area contributed by atoms with Crippen molar-refractivity contribution in [2.45, 2.75) is 25.9 Å². The molecule has 0 bridgehead atoms. The highest BCUT2D eigenvalue weighted by molar-refractivity contribution is 5.92. The summed E-state index contributed by atoms with van der Waals surface area (Å²) in [5, 5.41) is 7.16. The first-order valence-electron chi connectivity index (χ1n) is 6.87. The summed E-state index contributed by atoms with van der Waals surface area (Å²) in [5.74, 6) is -0.234. The Balaban J connectivity index is 2.11. The molecule has 0 radical (unpaired) electrons. The highest BCUT2D eigenvalue weighted by Crippen LogP contribution is 2.11. The third-order valence-corrected chi connectivity index (χ3v) is 3.05. The minimum absolute atomic E-state index is 0.220. The van der Waals surface area contributed by atoms with Gasteiger partial charge in [-0.3, -0.25) is 14.5 Å². The summed E-state index contributed by atoms with van der Waals surface area (Å²) in [6.07, 6.45) is 3.49. The Labute approximate surface area is 124 Å². The number of amides is 1. The van der Waals surface area contributed by atoms with Crippen LogP contribution in [0.5, 0.6) is 0 Å². The van der Waals surface area contributed by atoms with Crippen molar-refractivity contribution in [2.75, 3.05) is 13.7 Å². The zero-order chi connectivity index (χ0) is 15.2. The zero-order valence-electron chi connectivity index (χ0n) is 12.5. The van der Waals surface area contributed by atoms with Crippen molar-refractivity contribution in [2.24, 2.45) is 0 Å². The first-order chi connectivity index (χ1) is 10.1. The van der Waals surface area contributed by atoms with Gasteiger partial charge in [-0.15, -0.1) is 0 Å². The van der Waals surface area contributed by atoms with Crippen LogP contribution in [0.1, 0.15) is 42.1 Å². The Morgan fingerprint density at radius 3 is 2.76 bits per heavy atom. The Hall–Kier alpha value is -2.21. The molecule has 2 aromatic rings. The molecule has 2 aromatic heterocycles. The van der Waals surface area contributed by atoms with Gasteiger partial charge in [-0.05, 0) is 32.0 Å². The lowest BCUT2D eigenvalue weighted by atomic mass is 10.2. The maximum Gasteiger partial charge on any atom is 0.272 e. The van der Waals surface area contributed by atoms with Crippen LogP contribution in [-0.4, -0.2) is 34.4 Å². The van der Waals surface area contributed by atoms with Crippen LogP contribution >= 0.6 is 0 Å². The average Bonchev–Trinajstić information content (AvgIpc) is 2.98. The summed E-state index contributed by atoms with van der Waals surface area (Å²) in [4.78, 5) is 16.5. The van der Waals surface area contributed by atoms with Crippen LogP contribution < -0.4 is 5.32 Å². The molecule has 1 atom stereocenters. The molecule has 1 N–H and O–H groups in total. The van der Waals surface area contributed by atoms with Gasteiger partial charge in [0.15, 0.2) is 0 Å². The van der Waals surface area contributed by atoms with Crippen LogP contribution in [0.4, 0.5) is 0 Å². The van der Waals surface area contributed by atoms with Crippen molar-refractivity contribution in [1.29, 1.82) is 0 Å². The predicted molar refractivity (Wildman–Crippen MR) is 78.9 cm³/mol. The molecule has 0 fully saturated rings. The van der Waals surface area contributed by atoms with Gasteiger partial charge in [-0.2, -0.15) is 5.10 Å². The standard InChI is InChI=1S/C15H20N4O2/c1-11(2)19-9-7-13(18-19)15(20)17-14(10-21-3)12-6-4-5-8-16-12/h4-9,11,14H,10H2,1-3H3,(H,17,20)/t14-/m1/s1. The molecule has 0 aliphatic rings. The van der Waals surface area contributed by atoms with Crippen LogP contribution in [0.3, 0.4) is 0 Å². The van der Waals surface area contributed by atoms with Crippen LogP contribution in [0, 0.1) is 0 Å². The smallest absolute Gasteiger partial charge is 0.272 e. The summed E-state index contributed by atoms with van der Waals surface area (Å²) in [5.41, 5.74) is 1.15. The van der Waals surface area contributed by atoms with Crippen molar-refractivity contribution in [1.82, 2.24) is 20.1 Å². The summed E-state index contributed by atoms with van der Waals surface area (Å²) in [6.45, 7) is 4.38. The lowest BCUT2D eigenvalue weighted by Crippen LogP contribution is -2.32. The second kappa shape index (κ2) is 6.99. The number of hydrogen-bond donors (Lipinski definition) is 1. The molecule has 0 saturated heterocycles. The van der Waals surface area contributed by atoms with E-state index in [0.717, 1.165) is 5.69 Å². The Morgan fingerprint density at radius 2 is 2.19 bits per heavy atom. The number of aromatic nitrogens is 3. The third-order valence-electron chi connectivity index (χ3n) is 3.05. The van der Waals surface area contributed by atoms with Gasteiger partial charge >= 0.3 is 0 Å². The lowest BCUT2D eigenvalue weighted by molar-refractivity contribution is 0.0888. The van der Waals surface area contributed by atoms with Gasteiger partial charge in [0.2, 0.25) is 0 Å². The molecule has 0 aliphatic carbocycles. The molecule has 0 aliphatic heterocycles. The van der Waals surface area contributed by atoms with E-state index in [2.05, 4.69) is 15.4 Å². The second-order valence-electron chi connectivity index (χ2n) is 5.01. The minimum Gasteiger partial charge on any atom is -0.382 e. The van der Waals surface area contributed by atoms with E-state index in [1.54, 1.807) is 30.3 Å². The highest BCUT2D eigenvalue weighted by Gasteiger charge is 2.18. The lowest BCUT2D eigenvalue weighted by Gasteiger charge is -2.16. The fourth-order valence-electron chi connectivity index (χ4n) is 1.93. The summed E-state index contributed by atoms with van der Waals surface area (Å²) < 4.78 is 6.91. The Bertz CT molecular complexity index is 580. The first kappa shape index (κ1) is 15.2. The van der Waals surface area contributed by atoms with E-state index in [4.69, 9.17) is 4.74 Å². The molecule has 0 unspecified atom stereocenters. The van der Waals surface area contributed by atoms with E-state index in [-0.39, 0.29) is 18.0 Å². The fourth-order valence-corrected chi connectivity index (χ4v) is 1.93. The second-order valence-corrected chi connectivity index (χ2v) is 5.01. The number of ether oxygens (including phenoxy) is 1. The van der Waals surface area contributed by atoms with E-state index >= 15 is 0 Å². The van der Waals surface area contributed by atoms with Crippen molar-refractivity contribution in [3.8, 4) is 0 Å². The first-order valence-corrected chi connectivity index (χ1v) is 6.87. The van der Waals surface area contributed by atoms with Gasteiger partial charge in [-0.1, -0.05) is 6.07 Å². The number of nitrogens with one attached hydrogen (secondary N) is 1. The Kier molecular flexibility index (Phi) is 5.05. The van der Waals surface area contributed by atoms with E-state index in [9.17, 15) is 4.79 Å². The van der Waals surface area contributed by atoms with Crippen LogP contribution in [0.2, 0.25) is 0 Å². The zero-order valence-corrected chi connectivity index (χ0v) is 12.5. The van der Waals surface area contributed by atoms with Crippen LogP contribution in [-0.2, 0) is 4.74 Å². The number of pyridine rings is 1. The van der Waals surface area contributed by atoms with Gasteiger partial charge in [0.1, 0.15) is 5.69 Å². The molecule has 112 valence electrons. The van der Waals surface area contributed by atoms with E-state index in [0.29, 0.717) is 12.3 Å². The molecule has 0 spiro atoms. The normalized spacial score (nSPS) is 12.4. The quantitative estimate of drug-likeness (QED) is 0.882. The topological polar surface area (TPSA) is 69.0 Å². The van der Waals surface area contributed by atoms with Crippen LogP contribution in [0.15, 0.2) is 36.7 Å². The summed E-state index contributed by atoms with van der Waals surface area (Å²) in [6, 6.07) is 7.20. The third kappa shape index (κ3) is 3.88. The van der Waals surface area contributed by atoms with Gasteiger partial charge < -0.3 is 10.1 Å². The van der Waals surface area contributed by atoms with Gasteiger partial charge in [0.05, 0.1) is 18.3 Å². The molecular formula is C15H20N4O2. The molecule has 6 heteroatoms. The van der Waals surface area contributed by atoms with Crippen molar-refractivity contribution in [3.05, 3.63) is 48.0 Å². The molecule has 2 rings (SSSR count). The largest absolute Gasteiger partial charge is 0.382 e. The summed E-state index contributed by atoms with van der Waals surface area (Å²) >= 11 is 0. The monoisotopic (exact) mass is 288 g/mol. The molecular weight excluding hydrogens is 268 g/mol. The van der Waals surface area contributed by atoms with Gasteiger partial charge in [0, 0.05) is 25.5 Å². The fraction of sp³-hybridized carbons (Fsp3) is 0.400. The minimum atomic E-state index is -0.298. The average molecular weight is 288 g/mol. The maximum atomic E-state index is 12.3. The van der Waals surface area contributed by atoms with E-state index in [1.807, 2.05) is 32.0 Å². The SMILES string of the molecule is COC[C@@H](NC(=O)c1ccn(C(C)C)n1)c1ccccn1. The molecule has 6 nitrogen and oxygen atoms in total.